The van der Waals surface area contributed by atoms with E-state index in [1.807, 2.05) is 0 Å². The first-order valence-corrected chi connectivity index (χ1v) is 15.3. The Labute approximate surface area is 248 Å². The first-order valence-electron chi connectivity index (χ1n) is 13.0. The van der Waals surface area contributed by atoms with Crippen LogP contribution in [-0.2, 0) is 34.0 Å². The van der Waals surface area contributed by atoms with E-state index in [0.717, 1.165) is 22.3 Å². The lowest BCUT2D eigenvalue weighted by Gasteiger charge is -2.33. The maximum Gasteiger partial charge on any atom is 0.434 e. The zero-order valence-electron chi connectivity index (χ0n) is 23.3. The van der Waals surface area contributed by atoms with Crippen molar-refractivity contribution in [3.63, 3.8) is 0 Å². The number of anilines is 2. The zero-order chi connectivity index (χ0) is 31.2. The average Bonchev–Trinajstić information content (AvgIpc) is 3.60. The Morgan fingerprint density at radius 1 is 0.977 bits per heavy atom. The predicted octanol–water partition coefficient (Wildman–Crippen LogP) is 3.36. The molecule has 18 heteroatoms. The number of pyridine rings is 1. The van der Waals surface area contributed by atoms with Crippen molar-refractivity contribution in [1.29, 1.82) is 0 Å². The van der Waals surface area contributed by atoms with Crippen LogP contribution in [0.2, 0.25) is 0 Å². The van der Waals surface area contributed by atoms with Gasteiger partial charge in [-0.15, -0.1) is 21.5 Å². The minimum atomic E-state index is -4.55. The number of nitrogens with zero attached hydrogens (tertiary/aromatic N) is 7. The second kappa shape index (κ2) is 11.3. The summed E-state index contributed by atoms with van der Waals surface area (Å²) in [6, 6.07) is 5.70. The van der Waals surface area contributed by atoms with Crippen LogP contribution >= 0.6 is 11.3 Å². The first kappa shape index (κ1) is 30.6. The predicted molar refractivity (Wildman–Crippen MR) is 148 cm³/mol. The van der Waals surface area contributed by atoms with Crippen molar-refractivity contribution < 1.29 is 35.9 Å². The summed E-state index contributed by atoms with van der Waals surface area (Å²) in [4.78, 5) is 36.3. The lowest BCUT2D eigenvalue weighted by molar-refractivity contribution is -0.140. The first-order chi connectivity index (χ1) is 20.1. The van der Waals surface area contributed by atoms with E-state index in [2.05, 4.69) is 25.5 Å². The fraction of sp³-hybridized carbons (Fsp3) is 0.440. The molecule has 3 aromatic heterocycles. The van der Waals surface area contributed by atoms with Crippen LogP contribution in [0.3, 0.4) is 0 Å². The normalized spacial score (nSPS) is 16.2. The van der Waals surface area contributed by atoms with Gasteiger partial charge in [0.1, 0.15) is 11.3 Å². The Morgan fingerprint density at radius 3 is 2.30 bits per heavy atom. The molecule has 1 N–H and O–H groups in total. The van der Waals surface area contributed by atoms with Gasteiger partial charge in [0.15, 0.2) is 21.7 Å². The molecule has 0 unspecified atom stereocenters. The van der Waals surface area contributed by atoms with E-state index in [9.17, 15) is 31.2 Å². The number of alkyl halides is 3. The maximum atomic E-state index is 13.1. The van der Waals surface area contributed by atoms with Gasteiger partial charge in [-0.2, -0.15) is 17.5 Å². The van der Waals surface area contributed by atoms with Crippen LogP contribution in [0.25, 0.3) is 0 Å². The van der Waals surface area contributed by atoms with Crippen molar-refractivity contribution in [2.45, 2.75) is 50.7 Å². The van der Waals surface area contributed by atoms with Crippen molar-refractivity contribution in [2.75, 3.05) is 36.4 Å². The standard InChI is InChI=1S/C25H27F3N8O5S2/c1-24(2,3)41-23(38)35-12-15-4-5-16(29-17(15)13-35)21(37)31-19-6-7-20(33-32-19)43(39,40)36-10-8-34(9-11-36)22-30-18(14-42-22)25(26,27)28/h4-7,14H,8-13H2,1-3H3,(H,31,32,37). The Kier molecular flexibility index (Phi) is 8.03. The van der Waals surface area contributed by atoms with Crippen molar-refractivity contribution in [3.8, 4) is 0 Å². The summed E-state index contributed by atoms with van der Waals surface area (Å²) >= 11 is 0.846. The molecule has 3 aromatic rings. The second-order valence-electron chi connectivity index (χ2n) is 10.8. The number of fused-ring (bicyclic) bond motifs is 1. The molecular formula is C25H27F3N8O5S2. The van der Waals surface area contributed by atoms with Gasteiger partial charge in [-0.25, -0.2) is 23.2 Å². The largest absolute Gasteiger partial charge is 0.444 e. The van der Waals surface area contributed by atoms with Crippen LogP contribution in [-0.4, -0.2) is 81.6 Å². The van der Waals surface area contributed by atoms with Crippen LogP contribution in [0.4, 0.5) is 28.9 Å². The highest BCUT2D eigenvalue weighted by Crippen LogP contribution is 2.33. The summed E-state index contributed by atoms with van der Waals surface area (Å²) in [7, 11) is -4.05. The number of ether oxygens (including phenoxy) is 1. The molecule has 5 heterocycles. The number of aromatic nitrogens is 4. The van der Waals surface area contributed by atoms with Gasteiger partial charge < -0.3 is 15.0 Å². The number of hydrogen-bond acceptors (Lipinski definition) is 11. The highest BCUT2D eigenvalue weighted by molar-refractivity contribution is 7.89. The quantitative estimate of drug-likeness (QED) is 0.440. The minimum Gasteiger partial charge on any atom is -0.444 e. The summed E-state index contributed by atoms with van der Waals surface area (Å²) in [5, 5.41) is 10.9. The third kappa shape index (κ3) is 6.86. The molecule has 13 nitrogen and oxygen atoms in total. The molecule has 0 aliphatic carbocycles. The number of sulfonamides is 1. The number of halogens is 3. The second-order valence-corrected chi connectivity index (χ2v) is 13.5. The Morgan fingerprint density at radius 2 is 1.70 bits per heavy atom. The van der Waals surface area contributed by atoms with Gasteiger partial charge in [0.05, 0.1) is 18.8 Å². The van der Waals surface area contributed by atoms with E-state index in [-0.39, 0.29) is 54.4 Å². The van der Waals surface area contributed by atoms with Crippen molar-refractivity contribution in [1.82, 2.24) is 29.4 Å². The van der Waals surface area contributed by atoms with Crippen LogP contribution in [0.1, 0.15) is 48.2 Å². The highest BCUT2D eigenvalue weighted by Gasteiger charge is 2.36. The number of thiazole rings is 1. The molecule has 2 aliphatic heterocycles. The number of piperazine rings is 1. The fourth-order valence-electron chi connectivity index (χ4n) is 4.33. The van der Waals surface area contributed by atoms with Crippen LogP contribution in [0, 0.1) is 0 Å². The molecule has 0 spiro atoms. The van der Waals surface area contributed by atoms with E-state index < -0.39 is 39.5 Å². The summed E-state index contributed by atoms with van der Waals surface area (Å²) in [5.74, 6) is -0.605. The van der Waals surface area contributed by atoms with Gasteiger partial charge in [-0.1, -0.05) is 6.07 Å². The summed E-state index contributed by atoms with van der Waals surface area (Å²) in [6.07, 6.45) is -5.03. The third-order valence-corrected chi connectivity index (χ3v) is 9.12. The molecule has 1 fully saturated rings. The lowest BCUT2D eigenvalue weighted by Crippen LogP contribution is -2.48. The molecular weight excluding hydrogens is 613 g/mol. The minimum absolute atomic E-state index is 0.00399. The Bertz CT molecular complexity index is 1630. The SMILES string of the molecule is CC(C)(C)OC(=O)N1Cc2ccc(C(=O)Nc3ccc(S(=O)(=O)N4CCN(c5nc(C(F)(F)F)cs5)CC4)nn3)nc2C1. The Balaban J connectivity index is 1.18. The van der Waals surface area contributed by atoms with E-state index in [4.69, 9.17) is 4.74 Å². The van der Waals surface area contributed by atoms with Crippen LogP contribution in [0.5, 0.6) is 0 Å². The molecule has 0 aromatic carbocycles. The average molecular weight is 641 g/mol. The fourth-order valence-corrected chi connectivity index (χ4v) is 6.51. The van der Waals surface area contributed by atoms with E-state index in [1.54, 1.807) is 31.7 Å². The Hall–Kier alpha value is -3.90. The summed E-state index contributed by atoms with van der Waals surface area (Å²) in [5.41, 5.74) is -0.215. The molecule has 2 amide bonds. The smallest absolute Gasteiger partial charge is 0.434 e. The number of carbonyl (C=O) groups is 2. The van der Waals surface area contributed by atoms with Gasteiger partial charge in [-0.3, -0.25) is 9.69 Å². The van der Waals surface area contributed by atoms with Crippen LogP contribution < -0.4 is 10.2 Å². The molecule has 0 atom stereocenters. The van der Waals surface area contributed by atoms with Gasteiger partial charge in [0.25, 0.3) is 15.9 Å². The number of carbonyl (C=O) groups excluding carboxylic acids is 2. The third-order valence-electron chi connectivity index (χ3n) is 6.43. The summed E-state index contributed by atoms with van der Waals surface area (Å²) < 4.78 is 71.3. The maximum absolute atomic E-state index is 13.1. The molecule has 0 bridgehead atoms. The molecule has 0 radical (unpaired) electrons. The molecule has 1 saturated heterocycles. The molecule has 5 rings (SSSR count). The highest BCUT2D eigenvalue weighted by atomic mass is 32.2. The molecule has 230 valence electrons. The number of amides is 2. The van der Waals surface area contributed by atoms with Gasteiger partial charge in [0.2, 0.25) is 0 Å². The van der Waals surface area contributed by atoms with E-state index >= 15 is 0 Å². The molecule has 43 heavy (non-hydrogen) atoms. The topological polar surface area (TPSA) is 151 Å². The van der Waals surface area contributed by atoms with E-state index in [1.165, 1.54) is 27.4 Å². The molecule has 2 aliphatic rings. The van der Waals surface area contributed by atoms with Gasteiger partial charge in [-0.05, 0) is 44.5 Å². The van der Waals surface area contributed by atoms with Crippen LogP contribution in [0.15, 0.2) is 34.7 Å². The van der Waals surface area contributed by atoms with Gasteiger partial charge >= 0.3 is 12.3 Å². The van der Waals surface area contributed by atoms with Crippen molar-refractivity contribution >= 4 is 44.3 Å². The van der Waals surface area contributed by atoms with Gasteiger partial charge in [0, 0.05) is 31.6 Å². The number of hydrogen-bond donors (Lipinski definition) is 1. The number of nitrogens with one attached hydrogen (secondary N) is 1. The number of rotatable bonds is 5. The van der Waals surface area contributed by atoms with Crippen molar-refractivity contribution in [2.24, 2.45) is 0 Å². The zero-order valence-corrected chi connectivity index (χ0v) is 24.9. The van der Waals surface area contributed by atoms with Crippen molar-refractivity contribution in [3.05, 3.63) is 52.3 Å². The summed E-state index contributed by atoms with van der Waals surface area (Å²) in [6.45, 7) is 6.12. The lowest BCUT2D eigenvalue weighted by atomic mass is 10.2. The monoisotopic (exact) mass is 640 g/mol. The van der Waals surface area contributed by atoms with E-state index in [0.29, 0.717) is 12.2 Å². The molecule has 0 saturated carbocycles.